The van der Waals surface area contributed by atoms with Gasteiger partial charge in [-0.05, 0) is 43.2 Å². The van der Waals surface area contributed by atoms with Crippen molar-refractivity contribution in [2.24, 2.45) is 0 Å². The molecule has 1 aliphatic rings. The van der Waals surface area contributed by atoms with Gasteiger partial charge in [0, 0.05) is 17.7 Å². The average molecular weight is 297 g/mol. The highest BCUT2D eigenvalue weighted by Gasteiger charge is 2.31. The second-order valence-corrected chi connectivity index (χ2v) is 4.96. The van der Waals surface area contributed by atoms with Crippen molar-refractivity contribution < 1.29 is 22.3 Å². The van der Waals surface area contributed by atoms with Crippen LogP contribution in [0.2, 0.25) is 0 Å². The van der Waals surface area contributed by atoms with Gasteiger partial charge in [-0.15, -0.1) is 13.2 Å². The molecule has 0 aliphatic heterocycles. The van der Waals surface area contributed by atoms with Gasteiger partial charge in [0.15, 0.2) is 0 Å². The molecule has 1 unspecified atom stereocenters. The van der Waals surface area contributed by atoms with Gasteiger partial charge in [0.05, 0.1) is 12.3 Å². The average Bonchev–Trinajstić information content (AvgIpc) is 2.89. The molecule has 0 saturated heterocycles. The van der Waals surface area contributed by atoms with E-state index in [9.17, 15) is 13.2 Å². The highest BCUT2D eigenvalue weighted by Crippen LogP contribution is 2.33. The summed E-state index contributed by atoms with van der Waals surface area (Å²) in [5.74, 6) is 0.761. The monoisotopic (exact) mass is 297 g/mol. The Kier molecular flexibility index (Phi) is 3.53. The normalized spacial score (nSPS) is 18.1. The van der Waals surface area contributed by atoms with E-state index in [-0.39, 0.29) is 11.8 Å². The molecule has 3 rings (SSSR count). The van der Waals surface area contributed by atoms with Crippen LogP contribution in [-0.4, -0.2) is 6.36 Å². The van der Waals surface area contributed by atoms with E-state index in [2.05, 4.69) is 10.1 Å². The largest absolute Gasteiger partial charge is 0.573 e. The number of halogens is 3. The minimum atomic E-state index is -4.66. The van der Waals surface area contributed by atoms with Crippen LogP contribution in [0.15, 0.2) is 41.0 Å². The molecule has 1 aromatic heterocycles. The lowest BCUT2D eigenvalue weighted by atomic mass is 9.93. The number of hydrogen-bond acceptors (Lipinski definition) is 3. The number of hydrogen-bond donors (Lipinski definition) is 1. The second kappa shape index (κ2) is 5.35. The minimum absolute atomic E-state index is 0.127. The Morgan fingerprint density at radius 3 is 2.62 bits per heavy atom. The quantitative estimate of drug-likeness (QED) is 0.894. The Hall–Kier alpha value is -2.11. The smallest absolute Gasteiger partial charge is 0.469 e. The van der Waals surface area contributed by atoms with Gasteiger partial charge in [-0.1, -0.05) is 0 Å². The summed E-state index contributed by atoms with van der Waals surface area (Å²) in [6.45, 7) is 0. The number of aryl methyl sites for hydroxylation is 1. The molecular formula is C15H14F3NO2. The van der Waals surface area contributed by atoms with Gasteiger partial charge in [-0.25, -0.2) is 0 Å². The summed E-state index contributed by atoms with van der Waals surface area (Å²) in [6, 6.07) is 7.82. The zero-order chi connectivity index (χ0) is 14.9. The summed E-state index contributed by atoms with van der Waals surface area (Å²) < 4.78 is 45.5. The maximum absolute atomic E-state index is 12.1. The summed E-state index contributed by atoms with van der Waals surface area (Å²) in [7, 11) is 0. The van der Waals surface area contributed by atoms with Crippen LogP contribution >= 0.6 is 0 Å². The summed E-state index contributed by atoms with van der Waals surface area (Å²) in [6.07, 6.45) is -0.0748. The van der Waals surface area contributed by atoms with Gasteiger partial charge >= 0.3 is 6.36 Å². The fraction of sp³-hybridized carbons (Fsp3) is 0.333. The van der Waals surface area contributed by atoms with E-state index in [0.29, 0.717) is 0 Å². The van der Waals surface area contributed by atoms with Gasteiger partial charge in [-0.2, -0.15) is 0 Å². The highest BCUT2D eigenvalue weighted by atomic mass is 19.4. The lowest BCUT2D eigenvalue weighted by Crippen LogP contribution is -2.17. The van der Waals surface area contributed by atoms with E-state index in [1.165, 1.54) is 12.1 Å². The maximum Gasteiger partial charge on any atom is 0.573 e. The molecule has 0 bridgehead atoms. The van der Waals surface area contributed by atoms with Crippen molar-refractivity contribution in [1.29, 1.82) is 0 Å². The first-order valence-corrected chi connectivity index (χ1v) is 6.70. The van der Waals surface area contributed by atoms with Crippen molar-refractivity contribution in [2.45, 2.75) is 31.7 Å². The Morgan fingerprint density at radius 1 is 1.14 bits per heavy atom. The number of fused-ring (bicyclic) bond motifs is 1. The van der Waals surface area contributed by atoms with Crippen molar-refractivity contribution in [3.8, 4) is 5.75 Å². The van der Waals surface area contributed by atoms with Gasteiger partial charge in [0.25, 0.3) is 0 Å². The number of anilines is 1. The van der Waals surface area contributed by atoms with Crippen LogP contribution in [0.4, 0.5) is 18.9 Å². The van der Waals surface area contributed by atoms with E-state index in [1.807, 2.05) is 6.07 Å². The SMILES string of the molecule is FC(F)(F)Oc1ccc(NC2CCCc3occc32)cc1. The van der Waals surface area contributed by atoms with E-state index in [1.54, 1.807) is 18.4 Å². The molecule has 1 aromatic carbocycles. The first-order valence-electron chi connectivity index (χ1n) is 6.70. The fourth-order valence-electron chi connectivity index (χ4n) is 2.59. The first-order chi connectivity index (χ1) is 10.0. The first kappa shape index (κ1) is 13.9. The Bertz CT molecular complexity index is 604. The molecule has 0 amide bonds. The fourth-order valence-corrected chi connectivity index (χ4v) is 2.59. The molecule has 1 heterocycles. The van der Waals surface area contributed by atoms with Gasteiger partial charge in [0.1, 0.15) is 11.5 Å². The molecule has 0 spiro atoms. The summed E-state index contributed by atoms with van der Waals surface area (Å²) >= 11 is 0. The highest BCUT2D eigenvalue weighted by molar-refractivity contribution is 5.49. The Balaban J connectivity index is 1.69. The zero-order valence-electron chi connectivity index (χ0n) is 11.1. The standard InChI is InChI=1S/C15H14F3NO2/c16-15(17,18)21-11-6-4-10(5-7-11)19-13-2-1-3-14-12(13)8-9-20-14/h4-9,13,19H,1-3H2. The number of furan rings is 1. The molecule has 6 heteroatoms. The zero-order valence-corrected chi connectivity index (χ0v) is 11.1. The predicted molar refractivity (Wildman–Crippen MR) is 71.1 cm³/mol. The van der Waals surface area contributed by atoms with E-state index >= 15 is 0 Å². The third kappa shape index (κ3) is 3.32. The molecule has 21 heavy (non-hydrogen) atoms. The Labute approximate surface area is 119 Å². The van der Waals surface area contributed by atoms with E-state index in [4.69, 9.17) is 4.42 Å². The number of ether oxygens (including phenoxy) is 1. The third-order valence-corrected chi connectivity index (χ3v) is 3.48. The molecule has 1 aliphatic carbocycles. The predicted octanol–water partition coefficient (Wildman–Crippen LogP) is 4.67. The van der Waals surface area contributed by atoms with Crippen LogP contribution in [0.3, 0.4) is 0 Å². The third-order valence-electron chi connectivity index (χ3n) is 3.48. The van der Waals surface area contributed by atoms with Gasteiger partial charge in [-0.3, -0.25) is 0 Å². The van der Waals surface area contributed by atoms with Crippen LogP contribution in [0.1, 0.15) is 30.2 Å². The van der Waals surface area contributed by atoms with Crippen molar-refractivity contribution >= 4 is 5.69 Å². The van der Waals surface area contributed by atoms with E-state index < -0.39 is 6.36 Å². The minimum Gasteiger partial charge on any atom is -0.469 e. The lowest BCUT2D eigenvalue weighted by molar-refractivity contribution is -0.274. The summed E-state index contributed by atoms with van der Waals surface area (Å²) in [4.78, 5) is 0. The van der Waals surface area contributed by atoms with Crippen molar-refractivity contribution in [1.82, 2.24) is 0 Å². The molecule has 0 radical (unpaired) electrons. The number of benzene rings is 1. The van der Waals surface area contributed by atoms with Crippen molar-refractivity contribution in [3.05, 3.63) is 47.9 Å². The van der Waals surface area contributed by atoms with Crippen molar-refractivity contribution in [2.75, 3.05) is 5.32 Å². The maximum atomic E-state index is 12.1. The lowest BCUT2D eigenvalue weighted by Gasteiger charge is -2.23. The molecule has 3 nitrogen and oxygen atoms in total. The molecule has 112 valence electrons. The molecule has 0 saturated carbocycles. The molecule has 0 fully saturated rings. The van der Waals surface area contributed by atoms with Crippen LogP contribution in [0.5, 0.6) is 5.75 Å². The molecular weight excluding hydrogens is 283 g/mol. The van der Waals surface area contributed by atoms with Gasteiger partial charge < -0.3 is 14.5 Å². The molecule has 2 aromatic rings. The van der Waals surface area contributed by atoms with Crippen LogP contribution in [0, 0.1) is 0 Å². The topological polar surface area (TPSA) is 34.4 Å². The van der Waals surface area contributed by atoms with Crippen LogP contribution < -0.4 is 10.1 Å². The second-order valence-electron chi connectivity index (χ2n) is 4.96. The van der Waals surface area contributed by atoms with Gasteiger partial charge in [0.2, 0.25) is 0 Å². The van der Waals surface area contributed by atoms with Crippen LogP contribution in [-0.2, 0) is 6.42 Å². The Morgan fingerprint density at radius 2 is 1.90 bits per heavy atom. The van der Waals surface area contributed by atoms with Crippen molar-refractivity contribution in [3.63, 3.8) is 0 Å². The number of alkyl halides is 3. The summed E-state index contributed by atoms with van der Waals surface area (Å²) in [5, 5.41) is 3.32. The molecule has 1 N–H and O–H groups in total. The number of rotatable bonds is 3. The molecule has 1 atom stereocenters. The summed E-state index contributed by atoms with van der Waals surface area (Å²) in [5.41, 5.74) is 1.88. The van der Waals surface area contributed by atoms with Crippen LogP contribution in [0.25, 0.3) is 0 Å². The van der Waals surface area contributed by atoms with E-state index in [0.717, 1.165) is 36.3 Å². The number of nitrogens with one attached hydrogen (secondary N) is 1.